The SMILES string of the molecule is Cc1ccccc1OCCCC(=O)NC(C)(CN)CC(C)C.Cl. The average molecular weight is 343 g/mol. The lowest BCUT2D eigenvalue weighted by molar-refractivity contribution is -0.123. The molecule has 0 aliphatic heterocycles. The Morgan fingerprint density at radius 2 is 2.00 bits per heavy atom. The summed E-state index contributed by atoms with van der Waals surface area (Å²) in [6, 6.07) is 7.90. The molecule has 1 aromatic rings. The van der Waals surface area contributed by atoms with Crippen LogP contribution in [-0.4, -0.2) is 24.6 Å². The van der Waals surface area contributed by atoms with Gasteiger partial charge in [-0.2, -0.15) is 0 Å². The molecule has 0 aliphatic carbocycles. The lowest BCUT2D eigenvalue weighted by atomic mass is 9.90. The summed E-state index contributed by atoms with van der Waals surface area (Å²) in [5.74, 6) is 1.43. The van der Waals surface area contributed by atoms with Crippen molar-refractivity contribution in [2.45, 2.75) is 52.5 Å². The van der Waals surface area contributed by atoms with Crippen LogP contribution in [-0.2, 0) is 4.79 Å². The van der Waals surface area contributed by atoms with Gasteiger partial charge in [0.15, 0.2) is 0 Å². The molecule has 1 amide bonds. The van der Waals surface area contributed by atoms with E-state index in [2.05, 4.69) is 19.2 Å². The molecule has 0 saturated carbocycles. The second-order valence-electron chi connectivity index (χ2n) is 6.63. The van der Waals surface area contributed by atoms with Crippen LogP contribution in [0.2, 0.25) is 0 Å². The molecule has 1 atom stereocenters. The number of carbonyl (C=O) groups excluding carboxylic acids is 1. The van der Waals surface area contributed by atoms with Crippen LogP contribution >= 0.6 is 12.4 Å². The van der Waals surface area contributed by atoms with Crippen molar-refractivity contribution in [3.63, 3.8) is 0 Å². The lowest BCUT2D eigenvalue weighted by Crippen LogP contribution is -2.52. The Kier molecular flexibility index (Phi) is 9.93. The van der Waals surface area contributed by atoms with E-state index in [0.717, 1.165) is 17.7 Å². The summed E-state index contributed by atoms with van der Waals surface area (Å²) in [6.07, 6.45) is 2.04. The average Bonchev–Trinajstić information content (AvgIpc) is 2.44. The maximum atomic E-state index is 12.1. The van der Waals surface area contributed by atoms with E-state index in [1.54, 1.807) is 0 Å². The second-order valence-corrected chi connectivity index (χ2v) is 6.63. The first-order valence-electron chi connectivity index (χ1n) is 8.06. The van der Waals surface area contributed by atoms with Crippen LogP contribution in [0.1, 0.15) is 45.6 Å². The fourth-order valence-electron chi connectivity index (χ4n) is 2.62. The van der Waals surface area contributed by atoms with Crippen LogP contribution < -0.4 is 15.8 Å². The first-order chi connectivity index (χ1) is 10.4. The third kappa shape index (κ3) is 8.24. The first kappa shape index (κ1) is 21.7. The van der Waals surface area contributed by atoms with Gasteiger partial charge < -0.3 is 15.8 Å². The summed E-state index contributed by atoms with van der Waals surface area (Å²) in [5, 5.41) is 3.06. The summed E-state index contributed by atoms with van der Waals surface area (Å²) in [7, 11) is 0. The van der Waals surface area contributed by atoms with Crippen molar-refractivity contribution in [2.24, 2.45) is 11.7 Å². The van der Waals surface area contributed by atoms with Crippen molar-refractivity contribution < 1.29 is 9.53 Å². The number of rotatable bonds is 9. The van der Waals surface area contributed by atoms with E-state index in [0.29, 0.717) is 31.9 Å². The standard InChI is InChI=1S/C18H30N2O2.ClH/c1-14(2)12-18(4,13-19)20-17(21)10-7-11-22-16-9-6-5-8-15(16)3;/h5-6,8-9,14H,7,10-13,19H2,1-4H3,(H,20,21);1H. The van der Waals surface area contributed by atoms with Gasteiger partial charge in [-0.1, -0.05) is 32.0 Å². The molecule has 1 unspecified atom stereocenters. The summed E-state index contributed by atoms with van der Waals surface area (Å²) < 4.78 is 5.70. The zero-order valence-corrected chi connectivity index (χ0v) is 15.5. The lowest BCUT2D eigenvalue weighted by Gasteiger charge is -2.31. The molecular formula is C18H31ClN2O2. The molecule has 0 saturated heterocycles. The van der Waals surface area contributed by atoms with Gasteiger partial charge in [0.05, 0.1) is 6.61 Å². The zero-order valence-electron chi connectivity index (χ0n) is 14.7. The fourth-order valence-corrected chi connectivity index (χ4v) is 2.62. The Hall–Kier alpha value is -1.26. The fraction of sp³-hybridized carbons (Fsp3) is 0.611. The van der Waals surface area contributed by atoms with E-state index in [4.69, 9.17) is 10.5 Å². The molecule has 23 heavy (non-hydrogen) atoms. The van der Waals surface area contributed by atoms with E-state index in [-0.39, 0.29) is 23.9 Å². The van der Waals surface area contributed by atoms with Crippen molar-refractivity contribution in [1.29, 1.82) is 0 Å². The van der Waals surface area contributed by atoms with Gasteiger partial charge in [0.1, 0.15) is 5.75 Å². The number of hydrogen-bond acceptors (Lipinski definition) is 3. The molecule has 5 heteroatoms. The van der Waals surface area contributed by atoms with Gasteiger partial charge in [-0.3, -0.25) is 4.79 Å². The normalized spacial score (nSPS) is 13.1. The minimum absolute atomic E-state index is 0. The van der Waals surface area contributed by atoms with Gasteiger partial charge in [-0.05, 0) is 44.2 Å². The van der Waals surface area contributed by atoms with Crippen LogP contribution in [0.3, 0.4) is 0 Å². The summed E-state index contributed by atoms with van der Waals surface area (Å²) in [6.45, 7) is 9.29. The second kappa shape index (κ2) is 10.5. The number of amides is 1. The molecule has 4 nitrogen and oxygen atoms in total. The van der Waals surface area contributed by atoms with Gasteiger partial charge in [-0.25, -0.2) is 0 Å². The third-order valence-corrected chi connectivity index (χ3v) is 3.65. The van der Waals surface area contributed by atoms with Gasteiger partial charge in [0, 0.05) is 18.5 Å². The first-order valence-corrected chi connectivity index (χ1v) is 8.06. The van der Waals surface area contributed by atoms with Crippen molar-refractivity contribution in [2.75, 3.05) is 13.2 Å². The third-order valence-electron chi connectivity index (χ3n) is 3.65. The molecule has 1 aromatic carbocycles. The smallest absolute Gasteiger partial charge is 0.220 e. The minimum atomic E-state index is -0.317. The molecule has 3 N–H and O–H groups in total. The molecule has 0 heterocycles. The Morgan fingerprint density at radius 1 is 1.35 bits per heavy atom. The van der Waals surface area contributed by atoms with Crippen LogP contribution in [0.4, 0.5) is 0 Å². The number of halogens is 1. The minimum Gasteiger partial charge on any atom is -0.493 e. The van der Waals surface area contributed by atoms with E-state index >= 15 is 0 Å². The molecule has 0 aliphatic rings. The van der Waals surface area contributed by atoms with Crippen molar-refractivity contribution >= 4 is 18.3 Å². The van der Waals surface area contributed by atoms with E-state index in [9.17, 15) is 4.79 Å². The van der Waals surface area contributed by atoms with Crippen molar-refractivity contribution in [3.05, 3.63) is 29.8 Å². The highest BCUT2D eigenvalue weighted by molar-refractivity contribution is 5.85. The number of para-hydroxylation sites is 1. The Labute approximate surface area is 146 Å². The number of ether oxygens (including phenoxy) is 1. The molecule has 0 bridgehead atoms. The monoisotopic (exact) mass is 342 g/mol. The predicted molar refractivity (Wildman–Crippen MR) is 98.2 cm³/mol. The van der Waals surface area contributed by atoms with Crippen LogP contribution in [0.5, 0.6) is 5.75 Å². The van der Waals surface area contributed by atoms with Crippen molar-refractivity contribution in [3.8, 4) is 5.75 Å². The number of aryl methyl sites for hydroxylation is 1. The molecule has 132 valence electrons. The molecule has 1 rings (SSSR count). The molecule has 0 spiro atoms. The highest BCUT2D eigenvalue weighted by atomic mass is 35.5. The van der Waals surface area contributed by atoms with Gasteiger partial charge >= 0.3 is 0 Å². The zero-order chi connectivity index (χ0) is 16.6. The highest BCUT2D eigenvalue weighted by Gasteiger charge is 2.25. The van der Waals surface area contributed by atoms with E-state index in [1.165, 1.54) is 0 Å². The van der Waals surface area contributed by atoms with Gasteiger partial charge in [-0.15, -0.1) is 12.4 Å². The largest absolute Gasteiger partial charge is 0.493 e. The summed E-state index contributed by atoms with van der Waals surface area (Å²) >= 11 is 0. The Balaban J connectivity index is 0.00000484. The maximum absolute atomic E-state index is 12.1. The van der Waals surface area contributed by atoms with Crippen LogP contribution in [0, 0.1) is 12.8 Å². The summed E-state index contributed by atoms with van der Waals surface area (Å²) in [4.78, 5) is 12.1. The predicted octanol–water partition coefficient (Wildman–Crippen LogP) is 3.46. The number of benzene rings is 1. The van der Waals surface area contributed by atoms with E-state index in [1.807, 2.05) is 38.1 Å². The van der Waals surface area contributed by atoms with E-state index < -0.39 is 0 Å². The topological polar surface area (TPSA) is 64.3 Å². The maximum Gasteiger partial charge on any atom is 0.220 e. The molecule has 0 fully saturated rings. The molecule has 0 radical (unpaired) electrons. The molecular weight excluding hydrogens is 312 g/mol. The van der Waals surface area contributed by atoms with Crippen LogP contribution in [0.25, 0.3) is 0 Å². The quantitative estimate of drug-likeness (QED) is 0.675. The van der Waals surface area contributed by atoms with Crippen molar-refractivity contribution in [1.82, 2.24) is 5.32 Å². The number of nitrogens with two attached hydrogens (primary N) is 1. The Bertz CT molecular complexity index is 480. The number of nitrogens with one attached hydrogen (secondary N) is 1. The summed E-state index contributed by atoms with van der Waals surface area (Å²) in [5.41, 5.74) is 6.61. The number of carbonyl (C=O) groups is 1. The molecule has 0 aromatic heterocycles. The number of hydrogen-bond donors (Lipinski definition) is 2. The highest BCUT2D eigenvalue weighted by Crippen LogP contribution is 2.17. The Morgan fingerprint density at radius 3 is 2.57 bits per heavy atom. The van der Waals surface area contributed by atoms with Crippen LogP contribution in [0.15, 0.2) is 24.3 Å². The van der Waals surface area contributed by atoms with Gasteiger partial charge in [0.2, 0.25) is 5.91 Å². The van der Waals surface area contributed by atoms with Gasteiger partial charge in [0.25, 0.3) is 0 Å².